The Bertz CT molecular complexity index is 916. The first-order chi connectivity index (χ1) is 14.6. The van der Waals surface area contributed by atoms with Crippen molar-refractivity contribution in [2.45, 2.75) is 43.4 Å². The van der Waals surface area contributed by atoms with Crippen LogP contribution in [0, 0.1) is 5.41 Å². The van der Waals surface area contributed by atoms with Crippen LogP contribution in [0.3, 0.4) is 0 Å². The number of fused-ring (bicyclic) bond motifs is 1. The fourth-order valence-electron chi connectivity index (χ4n) is 4.93. The SMILES string of the molecule is O=C(c1cnc(NC2c3cccnc3CCC2S)nc1)N1CCC2(CCOCC2)C1. The van der Waals surface area contributed by atoms with Crippen LogP contribution in [0.2, 0.25) is 0 Å². The summed E-state index contributed by atoms with van der Waals surface area (Å²) in [5.74, 6) is 0.527. The first-order valence-electron chi connectivity index (χ1n) is 10.7. The van der Waals surface area contributed by atoms with Gasteiger partial charge in [-0.1, -0.05) is 6.07 Å². The monoisotopic (exact) mass is 425 g/mol. The maximum absolute atomic E-state index is 13.0. The van der Waals surface area contributed by atoms with Crippen molar-refractivity contribution in [3.05, 3.63) is 47.5 Å². The van der Waals surface area contributed by atoms with E-state index in [0.29, 0.717) is 11.5 Å². The Morgan fingerprint density at radius 2 is 2.00 bits per heavy atom. The molecule has 1 spiro atoms. The number of nitrogens with zero attached hydrogens (tertiary/aromatic N) is 4. The molecule has 4 heterocycles. The Balaban J connectivity index is 1.27. The van der Waals surface area contributed by atoms with Crippen molar-refractivity contribution in [2.24, 2.45) is 5.41 Å². The van der Waals surface area contributed by atoms with Crippen LogP contribution in [0.4, 0.5) is 5.95 Å². The van der Waals surface area contributed by atoms with Gasteiger partial charge >= 0.3 is 0 Å². The summed E-state index contributed by atoms with van der Waals surface area (Å²) in [5, 5.41) is 3.55. The van der Waals surface area contributed by atoms with Crippen LogP contribution in [0.5, 0.6) is 0 Å². The Hall–Kier alpha value is -2.19. The van der Waals surface area contributed by atoms with E-state index in [1.165, 1.54) is 0 Å². The molecule has 7 nitrogen and oxygen atoms in total. The molecule has 5 rings (SSSR count). The molecule has 2 aliphatic heterocycles. The highest BCUT2D eigenvalue weighted by Crippen LogP contribution is 2.40. The van der Waals surface area contributed by atoms with Gasteiger partial charge in [-0.05, 0) is 49.1 Å². The molecule has 1 amide bonds. The number of hydrogen-bond acceptors (Lipinski definition) is 7. The molecule has 1 aliphatic carbocycles. The van der Waals surface area contributed by atoms with Crippen LogP contribution in [-0.4, -0.2) is 57.3 Å². The fraction of sp³-hybridized carbons (Fsp3) is 0.545. The number of ether oxygens (including phenoxy) is 1. The number of pyridine rings is 1. The second-order valence-corrected chi connectivity index (χ2v) is 9.32. The number of aromatic nitrogens is 3. The third-order valence-corrected chi connectivity index (χ3v) is 7.34. The zero-order valence-electron chi connectivity index (χ0n) is 17.0. The van der Waals surface area contributed by atoms with Gasteiger partial charge < -0.3 is 15.0 Å². The number of thiol groups is 1. The maximum Gasteiger partial charge on any atom is 0.257 e. The van der Waals surface area contributed by atoms with Gasteiger partial charge in [0.1, 0.15) is 0 Å². The molecule has 2 fully saturated rings. The fourth-order valence-corrected chi connectivity index (χ4v) is 5.29. The Kier molecular flexibility index (Phi) is 5.37. The zero-order chi connectivity index (χ0) is 20.6. The topological polar surface area (TPSA) is 80.2 Å². The molecular weight excluding hydrogens is 398 g/mol. The van der Waals surface area contributed by atoms with Crippen LogP contribution in [0.15, 0.2) is 30.7 Å². The Morgan fingerprint density at radius 1 is 1.20 bits per heavy atom. The van der Waals surface area contributed by atoms with Crippen LogP contribution >= 0.6 is 12.6 Å². The third-order valence-electron chi connectivity index (χ3n) is 6.78. The summed E-state index contributed by atoms with van der Waals surface area (Å²) >= 11 is 4.76. The molecule has 1 N–H and O–H groups in total. The zero-order valence-corrected chi connectivity index (χ0v) is 17.9. The van der Waals surface area contributed by atoms with Gasteiger partial charge in [0.15, 0.2) is 0 Å². The van der Waals surface area contributed by atoms with Gasteiger partial charge in [0.2, 0.25) is 5.95 Å². The third kappa shape index (κ3) is 3.78. The number of aryl methyl sites for hydroxylation is 1. The van der Waals surface area contributed by atoms with E-state index in [2.05, 4.69) is 26.3 Å². The second kappa shape index (κ2) is 8.15. The van der Waals surface area contributed by atoms with Crippen molar-refractivity contribution >= 4 is 24.5 Å². The number of carbonyl (C=O) groups is 1. The number of anilines is 1. The van der Waals surface area contributed by atoms with Crippen LogP contribution in [-0.2, 0) is 11.2 Å². The maximum atomic E-state index is 13.0. The number of rotatable bonds is 3. The van der Waals surface area contributed by atoms with E-state index in [0.717, 1.165) is 69.7 Å². The first kappa shape index (κ1) is 19.8. The van der Waals surface area contributed by atoms with Gasteiger partial charge in [0.25, 0.3) is 5.91 Å². The van der Waals surface area contributed by atoms with E-state index in [1.807, 2.05) is 17.2 Å². The molecule has 0 saturated carbocycles. The minimum Gasteiger partial charge on any atom is -0.381 e. The molecule has 2 aromatic heterocycles. The predicted molar refractivity (Wildman–Crippen MR) is 117 cm³/mol. The lowest BCUT2D eigenvalue weighted by molar-refractivity contribution is 0.0191. The molecule has 8 heteroatoms. The highest BCUT2D eigenvalue weighted by molar-refractivity contribution is 7.81. The summed E-state index contributed by atoms with van der Waals surface area (Å²) in [6.45, 7) is 3.21. The molecule has 0 aromatic carbocycles. The van der Waals surface area contributed by atoms with Crippen molar-refractivity contribution in [1.82, 2.24) is 19.9 Å². The van der Waals surface area contributed by atoms with E-state index in [9.17, 15) is 4.79 Å². The van der Waals surface area contributed by atoms with Crippen molar-refractivity contribution in [2.75, 3.05) is 31.6 Å². The average Bonchev–Trinajstić information content (AvgIpc) is 3.19. The first-order valence-corrected chi connectivity index (χ1v) is 11.2. The van der Waals surface area contributed by atoms with Crippen molar-refractivity contribution < 1.29 is 9.53 Å². The van der Waals surface area contributed by atoms with Crippen molar-refractivity contribution in [3.8, 4) is 0 Å². The highest BCUT2D eigenvalue weighted by Gasteiger charge is 2.41. The van der Waals surface area contributed by atoms with E-state index in [1.54, 1.807) is 12.4 Å². The smallest absolute Gasteiger partial charge is 0.257 e. The molecule has 2 saturated heterocycles. The standard InChI is InChI=1S/C22H27N5O2S/c28-20(27-9-5-22(14-27)6-10-29-11-7-22)15-12-24-21(25-13-15)26-19-16-2-1-8-23-17(16)3-4-18(19)30/h1-2,8,12-13,18-19,30H,3-7,9-11,14H2,(H,24,25,26). The summed E-state index contributed by atoms with van der Waals surface area (Å²) in [7, 11) is 0. The minimum absolute atomic E-state index is 0.000652. The largest absolute Gasteiger partial charge is 0.381 e. The number of nitrogens with one attached hydrogen (secondary N) is 1. The minimum atomic E-state index is -0.000652. The quantitative estimate of drug-likeness (QED) is 0.736. The van der Waals surface area contributed by atoms with Gasteiger partial charge in [-0.3, -0.25) is 9.78 Å². The summed E-state index contributed by atoms with van der Waals surface area (Å²) in [4.78, 5) is 28.3. The normalized spacial score (nSPS) is 25.2. The van der Waals surface area contributed by atoms with Gasteiger partial charge in [0.05, 0.1) is 11.6 Å². The highest BCUT2D eigenvalue weighted by atomic mass is 32.1. The van der Waals surface area contributed by atoms with Crippen molar-refractivity contribution in [1.29, 1.82) is 0 Å². The summed E-state index contributed by atoms with van der Waals surface area (Å²) in [6, 6.07) is 4.03. The lowest BCUT2D eigenvalue weighted by Crippen LogP contribution is -2.35. The Morgan fingerprint density at radius 3 is 2.80 bits per heavy atom. The van der Waals surface area contributed by atoms with Gasteiger partial charge in [-0.2, -0.15) is 12.6 Å². The molecule has 2 unspecified atom stereocenters. The van der Waals surface area contributed by atoms with Crippen LogP contribution in [0.25, 0.3) is 0 Å². The molecule has 2 atom stereocenters. The van der Waals surface area contributed by atoms with E-state index >= 15 is 0 Å². The van der Waals surface area contributed by atoms with Crippen molar-refractivity contribution in [3.63, 3.8) is 0 Å². The van der Waals surface area contributed by atoms with Gasteiger partial charge in [0, 0.05) is 55.8 Å². The number of carbonyl (C=O) groups excluding carboxylic acids is 1. The second-order valence-electron chi connectivity index (χ2n) is 8.65. The van der Waals surface area contributed by atoms with Crippen LogP contribution in [0.1, 0.15) is 53.3 Å². The number of hydrogen-bond donors (Lipinski definition) is 2. The van der Waals surface area contributed by atoms with E-state index in [-0.39, 0.29) is 22.6 Å². The van der Waals surface area contributed by atoms with E-state index in [4.69, 9.17) is 17.4 Å². The summed E-state index contributed by atoms with van der Waals surface area (Å²) < 4.78 is 5.50. The van der Waals surface area contributed by atoms with Gasteiger partial charge in [-0.25, -0.2) is 9.97 Å². The number of likely N-dealkylation sites (tertiary alicyclic amines) is 1. The number of amides is 1. The molecule has 3 aliphatic rings. The molecule has 0 bridgehead atoms. The molecular formula is C22H27N5O2S. The average molecular weight is 426 g/mol. The lowest BCUT2D eigenvalue weighted by Gasteiger charge is -2.33. The Labute approximate surface area is 182 Å². The molecule has 30 heavy (non-hydrogen) atoms. The molecule has 158 valence electrons. The van der Waals surface area contributed by atoms with Gasteiger partial charge in [-0.15, -0.1) is 0 Å². The molecule has 0 radical (unpaired) electrons. The summed E-state index contributed by atoms with van der Waals surface area (Å²) in [6.07, 6.45) is 10.1. The van der Waals surface area contributed by atoms with Crippen LogP contribution < -0.4 is 5.32 Å². The predicted octanol–water partition coefficient (Wildman–Crippen LogP) is 2.91. The summed E-state index contributed by atoms with van der Waals surface area (Å²) in [5.41, 5.74) is 3.02. The molecule has 2 aromatic rings. The van der Waals surface area contributed by atoms with E-state index < -0.39 is 0 Å². The lowest BCUT2D eigenvalue weighted by atomic mass is 9.80.